The van der Waals surface area contributed by atoms with Gasteiger partial charge in [0, 0.05) is 0 Å². The molecule has 6 heteroatoms. The van der Waals surface area contributed by atoms with Gasteiger partial charge in [-0.05, 0) is 77.1 Å². The highest BCUT2D eigenvalue weighted by Gasteiger charge is 2.67. The number of fused-ring (bicyclic) bond motifs is 1. The zero-order valence-electron chi connectivity index (χ0n) is 20.6. The van der Waals surface area contributed by atoms with E-state index in [1.165, 1.54) is 5.39 Å². The van der Waals surface area contributed by atoms with E-state index in [0.717, 1.165) is 27.9 Å². The van der Waals surface area contributed by atoms with E-state index in [9.17, 15) is 9.59 Å². The molecule has 4 aliphatic carbocycles. The van der Waals surface area contributed by atoms with Gasteiger partial charge < -0.3 is 9.47 Å². The van der Waals surface area contributed by atoms with E-state index in [4.69, 9.17) is 9.47 Å². The fraction of sp³-hybridized carbons (Fsp3) is 0.323. The maximum atomic E-state index is 13.2. The molecule has 8 rings (SSSR count). The second-order valence-corrected chi connectivity index (χ2v) is 10.5. The van der Waals surface area contributed by atoms with Crippen LogP contribution < -0.4 is 9.47 Å². The van der Waals surface area contributed by atoms with Crippen molar-refractivity contribution in [3.05, 3.63) is 83.9 Å². The van der Waals surface area contributed by atoms with E-state index in [1.54, 1.807) is 6.21 Å². The third kappa shape index (κ3) is 3.57. The quantitative estimate of drug-likeness (QED) is 0.258. The van der Waals surface area contributed by atoms with Gasteiger partial charge >= 0.3 is 0 Å². The third-order valence-electron chi connectivity index (χ3n) is 8.49. The van der Waals surface area contributed by atoms with Crippen molar-refractivity contribution in [2.45, 2.75) is 20.0 Å². The number of ether oxygens (including phenoxy) is 2. The van der Waals surface area contributed by atoms with Crippen molar-refractivity contribution in [2.24, 2.45) is 40.6 Å². The van der Waals surface area contributed by atoms with Crippen LogP contribution in [0, 0.1) is 35.5 Å². The Kier molecular flexibility index (Phi) is 5.17. The highest BCUT2D eigenvalue weighted by atomic mass is 16.5. The Morgan fingerprint density at radius 2 is 1.62 bits per heavy atom. The average Bonchev–Trinajstić information content (AvgIpc) is 3.71. The van der Waals surface area contributed by atoms with Crippen molar-refractivity contribution in [2.75, 3.05) is 6.61 Å². The molecular weight excluding hydrogens is 464 g/mol. The van der Waals surface area contributed by atoms with E-state index >= 15 is 0 Å². The van der Waals surface area contributed by atoms with Gasteiger partial charge in [-0.25, -0.2) is 0 Å². The predicted molar refractivity (Wildman–Crippen MR) is 140 cm³/mol. The van der Waals surface area contributed by atoms with Gasteiger partial charge in [0.25, 0.3) is 11.8 Å². The van der Waals surface area contributed by atoms with Crippen LogP contribution in [-0.2, 0) is 16.2 Å². The number of hydrogen-bond donors (Lipinski definition) is 0. The number of carbonyl (C=O) groups excluding carboxylic acids is 2. The summed E-state index contributed by atoms with van der Waals surface area (Å²) in [6, 6.07) is 20.0. The van der Waals surface area contributed by atoms with Crippen LogP contribution in [0.1, 0.15) is 24.5 Å². The molecule has 6 atom stereocenters. The first-order valence-electron chi connectivity index (χ1n) is 13.1. The number of nitrogens with zero attached hydrogens (tertiary/aromatic N) is 2. The molecule has 3 aromatic carbocycles. The van der Waals surface area contributed by atoms with Crippen LogP contribution in [0.15, 0.2) is 77.9 Å². The van der Waals surface area contributed by atoms with Crippen molar-refractivity contribution in [1.82, 2.24) is 5.01 Å². The number of carbonyl (C=O) groups is 2. The van der Waals surface area contributed by atoms with Gasteiger partial charge in [-0.3, -0.25) is 9.59 Å². The summed E-state index contributed by atoms with van der Waals surface area (Å²) >= 11 is 0. The van der Waals surface area contributed by atoms with Gasteiger partial charge in [-0.1, -0.05) is 54.6 Å². The van der Waals surface area contributed by atoms with Crippen LogP contribution in [-0.4, -0.2) is 29.6 Å². The van der Waals surface area contributed by atoms with Crippen LogP contribution in [0.2, 0.25) is 0 Å². The van der Waals surface area contributed by atoms with E-state index in [2.05, 4.69) is 41.5 Å². The molecule has 1 saturated heterocycles. The van der Waals surface area contributed by atoms with Crippen molar-refractivity contribution in [3.63, 3.8) is 0 Å². The fourth-order valence-corrected chi connectivity index (χ4v) is 6.75. The number of amides is 2. The number of benzene rings is 3. The smallest absolute Gasteiger partial charge is 0.254 e. The van der Waals surface area contributed by atoms with Gasteiger partial charge in [-0.15, -0.1) is 0 Å². The lowest BCUT2D eigenvalue weighted by Gasteiger charge is -2.37. The monoisotopic (exact) mass is 492 g/mol. The van der Waals surface area contributed by atoms with Gasteiger partial charge in [0.2, 0.25) is 0 Å². The number of allylic oxidation sites excluding steroid dienone is 2. The lowest BCUT2D eigenvalue weighted by molar-refractivity contribution is -0.140. The normalized spacial score (nSPS) is 29.2. The molecule has 186 valence electrons. The summed E-state index contributed by atoms with van der Waals surface area (Å²) in [6.07, 6.45) is 7.06. The first kappa shape index (κ1) is 22.3. The second-order valence-electron chi connectivity index (χ2n) is 10.5. The lowest BCUT2D eigenvalue weighted by atomic mass is 9.63. The fourth-order valence-electron chi connectivity index (χ4n) is 6.75. The van der Waals surface area contributed by atoms with Crippen LogP contribution in [0.5, 0.6) is 11.5 Å². The summed E-state index contributed by atoms with van der Waals surface area (Å²) < 4.78 is 12.0. The zero-order chi connectivity index (χ0) is 25.1. The largest absolute Gasteiger partial charge is 0.490 e. The Labute approximate surface area is 215 Å². The number of hydrazone groups is 1. The zero-order valence-corrected chi connectivity index (χ0v) is 20.6. The molecule has 0 aromatic heterocycles. The highest BCUT2D eigenvalue weighted by molar-refractivity contribution is 6.06. The average molecular weight is 493 g/mol. The van der Waals surface area contributed by atoms with Crippen LogP contribution >= 0.6 is 0 Å². The highest BCUT2D eigenvalue weighted by Crippen LogP contribution is 2.65. The molecule has 2 saturated carbocycles. The molecular formula is C31H28N2O4. The Hall–Kier alpha value is -3.93. The molecule has 3 aromatic rings. The summed E-state index contributed by atoms with van der Waals surface area (Å²) in [7, 11) is 0. The summed E-state index contributed by atoms with van der Waals surface area (Å²) in [5.74, 6) is 1.97. The predicted octanol–water partition coefficient (Wildman–Crippen LogP) is 5.20. The van der Waals surface area contributed by atoms with Crippen molar-refractivity contribution in [3.8, 4) is 11.5 Å². The van der Waals surface area contributed by atoms with E-state index in [-0.39, 0.29) is 35.5 Å². The molecule has 1 heterocycles. The number of imide groups is 1. The first-order valence-corrected chi connectivity index (χ1v) is 13.1. The lowest BCUT2D eigenvalue weighted by Crippen LogP contribution is -2.40. The molecule has 0 unspecified atom stereocenters. The van der Waals surface area contributed by atoms with E-state index < -0.39 is 0 Å². The van der Waals surface area contributed by atoms with Crippen molar-refractivity contribution >= 4 is 28.8 Å². The van der Waals surface area contributed by atoms with Gasteiger partial charge in [0.05, 0.1) is 24.7 Å². The topological polar surface area (TPSA) is 68.2 Å². The molecule has 0 spiro atoms. The first-order chi connectivity index (χ1) is 18.1. The molecule has 6 nitrogen and oxygen atoms in total. The van der Waals surface area contributed by atoms with Crippen LogP contribution in [0.3, 0.4) is 0 Å². The van der Waals surface area contributed by atoms with Crippen LogP contribution in [0.4, 0.5) is 0 Å². The Morgan fingerprint density at radius 3 is 2.38 bits per heavy atom. The summed E-state index contributed by atoms with van der Waals surface area (Å²) in [5.41, 5.74) is 1.83. The minimum Gasteiger partial charge on any atom is -0.490 e. The molecule has 37 heavy (non-hydrogen) atoms. The summed E-state index contributed by atoms with van der Waals surface area (Å²) in [6.45, 7) is 2.81. The molecule has 1 aliphatic heterocycles. The van der Waals surface area contributed by atoms with Gasteiger partial charge in [-0.2, -0.15) is 10.1 Å². The Bertz CT molecular complexity index is 1440. The van der Waals surface area contributed by atoms with E-state index in [0.29, 0.717) is 36.5 Å². The minimum absolute atomic E-state index is 0.156. The molecule has 3 fully saturated rings. The van der Waals surface area contributed by atoms with Gasteiger partial charge in [0.15, 0.2) is 11.5 Å². The SMILES string of the molecule is CCOc1cc(C=NN2C(=O)[C@@H]3[C@H]4C=C[C@@H]([C@@H]5C[C@@H]45)[C@H]3C2=O)ccc1OCc1cccc2ccccc12. The maximum absolute atomic E-state index is 13.2. The second kappa shape index (κ2) is 8.58. The molecule has 5 aliphatic rings. The van der Waals surface area contributed by atoms with Crippen molar-refractivity contribution < 1.29 is 19.1 Å². The van der Waals surface area contributed by atoms with Crippen LogP contribution in [0.25, 0.3) is 10.8 Å². The number of rotatable bonds is 7. The van der Waals surface area contributed by atoms with E-state index in [1.807, 2.05) is 43.3 Å². The molecule has 2 bridgehead atoms. The summed E-state index contributed by atoms with van der Waals surface area (Å²) in [5, 5.41) is 7.80. The minimum atomic E-state index is -0.243. The van der Waals surface area contributed by atoms with Gasteiger partial charge in [0.1, 0.15) is 6.61 Å². The maximum Gasteiger partial charge on any atom is 0.254 e. The van der Waals surface area contributed by atoms with Crippen molar-refractivity contribution in [1.29, 1.82) is 0 Å². The molecule has 0 N–H and O–H groups in total. The molecule has 2 amide bonds. The Balaban J connectivity index is 1.10. The summed E-state index contributed by atoms with van der Waals surface area (Å²) in [4.78, 5) is 26.3. The molecule has 0 radical (unpaired) electrons. The standard InChI is InChI=1S/C31H28N2O4/c1-2-36-27-14-18(10-13-26(27)37-17-20-8-5-7-19-6-3-4-9-21(19)20)16-32-33-30(34)28-22-11-12-23(25-15-24(22)25)29(28)31(33)35/h3-14,16,22-25,28-29H,2,15,17H2,1H3/t22-,23-,24-,25-,28+,29+/m0/s1. The Morgan fingerprint density at radius 1 is 0.892 bits per heavy atom. The number of hydrogen-bond acceptors (Lipinski definition) is 5. The third-order valence-corrected chi connectivity index (χ3v) is 8.49.